The van der Waals surface area contributed by atoms with Crippen molar-refractivity contribution in [2.45, 2.75) is 26.8 Å². The van der Waals surface area contributed by atoms with Crippen LogP contribution in [0.1, 0.15) is 25.1 Å². The Bertz CT molecular complexity index is 564. The molecule has 1 N–H and O–H groups in total. The number of aromatic nitrogens is 2. The maximum Gasteiger partial charge on any atom is 0.151 e. The van der Waals surface area contributed by atoms with Crippen LogP contribution in [0.25, 0.3) is 5.69 Å². The van der Waals surface area contributed by atoms with Gasteiger partial charge in [-0.3, -0.25) is 0 Å². The zero-order valence-electron chi connectivity index (χ0n) is 11.1. The van der Waals surface area contributed by atoms with Crippen molar-refractivity contribution < 1.29 is 8.78 Å². The van der Waals surface area contributed by atoms with Gasteiger partial charge in [-0.05, 0) is 25.1 Å². The third-order valence-electron chi connectivity index (χ3n) is 2.99. The summed E-state index contributed by atoms with van der Waals surface area (Å²) in [5.41, 5.74) is 2.25. The fraction of sp³-hybridized carbons (Fsp3) is 0.357. The molecule has 5 heteroatoms. The molecule has 0 atom stereocenters. The number of benzene rings is 1. The van der Waals surface area contributed by atoms with Gasteiger partial charge in [-0.1, -0.05) is 13.8 Å². The average molecular weight is 265 g/mol. The molecule has 0 unspecified atom stereocenters. The van der Waals surface area contributed by atoms with E-state index in [0.29, 0.717) is 6.54 Å². The smallest absolute Gasteiger partial charge is 0.151 e. The maximum atomic E-state index is 13.8. The Morgan fingerprint density at radius 1 is 1.26 bits per heavy atom. The SMILES string of the molecule is CCNCc1cnn(-c2ccc(F)cc2F)c1CC. The Balaban J connectivity index is 2.41. The predicted octanol–water partition coefficient (Wildman–Crippen LogP) is 2.82. The van der Waals surface area contributed by atoms with E-state index in [-0.39, 0.29) is 5.69 Å². The van der Waals surface area contributed by atoms with Crippen LogP contribution in [0.5, 0.6) is 0 Å². The van der Waals surface area contributed by atoms with Crippen LogP contribution in [0.2, 0.25) is 0 Å². The molecule has 102 valence electrons. The third-order valence-corrected chi connectivity index (χ3v) is 2.99. The van der Waals surface area contributed by atoms with E-state index in [4.69, 9.17) is 0 Å². The first-order valence-electron chi connectivity index (χ1n) is 6.39. The molecule has 0 aliphatic carbocycles. The van der Waals surface area contributed by atoms with E-state index >= 15 is 0 Å². The molecule has 1 aromatic carbocycles. The van der Waals surface area contributed by atoms with Gasteiger partial charge in [0.05, 0.1) is 6.20 Å². The topological polar surface area (TPSA) is 29.9 Å². The van der Waals surface area contributed by atoms with Gasteiger partial charge in [0, 0.05) is 23.9 Å². The molecule has 0 radical (unpaired) electrons. The summed E-state index contributed by atoms with van der Waals surface area (Å²) in [7, 11) is 0. The zero-order valence-corrected chi connectivity index (χ0v) is 11.1. The molecule has 2 rings (SSSR count). The minimum Gasteiger partial charge on any atom is -0.313 e. The number of nitrogens with one attached hydrogen (secondary N) is 1. The highest BCUT2D eigenvalue weighted by atomic mass is 19.1. The number of hydrogen-bond acceptors (Lipinski definition) is 2. The van der Waals surface area contributed by atoms with Crippen LogP contribution in [0.3, 0.4) is 0 Å². The fourth-order valence-corrected chi connectivity index (χ4v) is 2.05. The van der Waals surface area contributed by atoms with Gasteiger partial charge in [-0.15, -0.1) is 0 Å². The van der Waals surface area contributed by atoms with Crippen molar-refractivity contribution in [3.8, 4) is 5.69 Å². The normalized spacial score (nSPS) is 10.9. The van der Waals surface area contributed by atoms with Crippen molar-refractivity contribution in [2.24, 2.45) is 0 Å². The summed E-state index contributed by atoms with van der Waals surface area (Å²) in [5.74, 6) is -1.19. The van der Waals surface area contributed by atoms with Crippen LogP contribution in [0.4, 0.5) is 8.78 Å². The highest BCUT2D eigenvalue weighted by Crippen LogP contribution is 2.19. The second kappa shape index (κ2) is 5.93. The Morgan fingerprint density at radius 2 is 2.05 bits per heavy atom. The van der Waals surface area contributed by atoms with Crippen LogP contribution in [0, 0.1) is 11.6 Å². The van der Waals surface area contributed by atoms with Gasteiger partial charge in [0.15, 0.2) is 5.82 Å². The summed E-state index contributed by atoms with van der Waals surface area (Å²) >= 11 is 0. The van der Waals surface area contributed by atoms with Crippen molar-refractivity contribution in [1.29, 1.82) is 0 Å². The lowest BCUT2D eigenvalue weighted by atomic mass is 10.2. The predicted molar refractivity (Wildman–Crippen MR) is 70.2 cm³/mol. The highest BCUT2D eigenvalue weighted by molar-refractivity contribution is 5.37. The number of rotatable bonds is 5. The summed E-state index contributed by atoms with van der Waals surface area (Å²) in [6, 6.07) is 3.53. The minimum absolute atomic E-state index is 0.279. The average Bonchev–Trinajstić information content (AvgIpc) is 2.79. The molecule has 3 nitrogen and oxygen atoms in total. The zero-order chi connectivity index (χ0) is 13.8. The lowest BCUT2D eigenvalue weighted by molar-refractivity contribution is 0.571. The van der Waals surface area contributed by atoms with Crippen molar-refractivity contribution in [3.63, 3.8) is 0 Å². The van der Waals surface area contributed by atoms with Crippen molar-refractivity contribution in [1.82, 2.24) is 15.1 Å². The lowest BCUT2D eigenvalue weighted by Gasteiger charge is -2.09. The number of halogens is 2. The largest absolute Gasteiger partial charge is 0.313 e. The molecule has 0 spiro atoms. The molecule has 2 aromatic rings. The van der Waals surface area contributed by atoms with Gasteiger partial charge in [-0.2, -0.15) is 5.10 Å². The summed E-state index contributed by atoms with van der Waals surface area (Å²) in [6.45, 7) is 5.57. The summed E-state index contributed by atoms with van der Waals surface area (Å²) in [5, 5.41) is 7.44. The summed E-state index contributed by atoms with van der Waals surface area (Å²) in [4.78, 5) is 0. The van der Waals surface area contributed by atoms with Gasteiger partial charge in [-0.25, -0.2) is 13.5 Å². The van der Waals surface area contributed by atoms with E-state index in [1.165, 1.54) is 12.1 Å². The molecule has 0 fully saturated rings. The molecular formula is C14H17F2N3. The van der Waals surface area contributed by atoms with Crippen LogP contribution in [0.15, 0.2) is 24.4 Å². The van der Waals surface area contributed by atoms with Gasteiger partial charge >= 0.3 is 0 Å². The monoisotopic (exact) mass is 265 g/mol. The molecule has 0 amide bonds. The van der Waals surface area contributed by atoms with E-state index in [1.54, 1.807) is 10.9 Å². The quantitative estimate of drug-likeness (QED) is 0.901. The Morgan fingerprint density at radius 3 is 2.68 bits per heavy atom. The van der Waals surface area contributed by atoms with Gasteiger partial charge < -0.3 is 5.32 Å². The fourth-order valence-electron chi connectivity index (χ4n) is 2.05. The molecule has 0 aliphatic heterocycles. The standard InChI is InChI=1S/C14H17F2N3/c1-3-13-10(8-17-4-2)9-18-19(13)14-6-5-11(15)7-12(14)16/h5-7,9,17H,3-4,8H2,1-2H3. The molecule has 19 heavy (non-hydrogen) atoms. The number of nitrogens with zero attached hydrogens (tertiary/aromatic N) is 2. The molecular weight excluding hydrogens is 248 g/mol. The summed E-state index contributed by atoms with van der Waals surface area (Å²) in [6.07, 6.45) is 2.46. The first kappa shape index (κ1) is 13.7. The number of hydrogen-bond donors (Lipinski definition) is 1. The summed E-state index contributed by atoms with van der Waals surface area (Å²) < 4.78 is 28.3. The Hall–Kier alpha value is -1.75. The van der Waals surface area contributed by atoms with E-state index < -0.39 is 11.6 Å². The van der Waals surface area contributed by atoms with Crippen LogP contribution in [-0.4, -0.2) is 16.3 Å². The van der Waals surface area contributed by atoms with Crippen molar-refractivity contribution in [3.05, 3.63) is 47.3 Å². The van der Waals surface area contributed by atoms with E-state index in [9.17, 15) is 8.78 Å². The van der Waals surface area contributed by atoms with E-state index in [2.05, 4.69) is 10.4 Å². The Labute approximate surface area is 111 Å². The first-order chi connectivity index (χ1) is 9.17. The second-order valence-electron chi connectivity index (χ2n) is 4.26. The van der Waals surface area contributed by atoms with Gasteiger partial charge in [0.2, 0.25) is 0 Å². The lowest BCUT2D eigenvalue weighted by Crippen LogP contribution is -2.13. The van der Waals surface area contributed by atoms with Crippen LogP contribution < -0.4 is 5.32 Å². The molecule has 0 saturated carbocycles. The minimum atomic E-state index is -0.604. The third kappa shape index (κ3) is 2.81. The maximum absolute atomic E-state index is 13.8. The van der Waals surface area contributed by atoms with Crippen molar-refractivity contribution in [2.75, 3.05) is 6.54 Å². The first-order valence-corrected chi connectivity index (χ1v) is 6.39. The van der Waals surface area contributed by atoms with Gasteiger partial charge in [0.25, 0.3) is 0 Å². The molecule has 1 aromatic heterocycles. The van der Waals surface area contributed by atoms with Crippen LogP contribution in [-0.2, 0) is 13.0 Å². The molecule has 0 saturated heterocycles. The Kier molecular flexibility index (Phi) is 4.27. The highest BCUT2D eigenvalue weighted by Gasteiger charge is 2.13. The van der Waals surface area contributed by atoms with Gasteiger partial charge in [0.1, 0.15) is 11.5 Å². The molecule has 1 heterocycles. The van der Waals surface area contributed by atoms with E-state index in [0.717, 1.165) is 30.3 Å². The molecule has 0 bridgehead atoms. The van der Waals surface area contributed by atoms with Crippen LogP contribution >= 0.6 is 0 Å². The van der Waals surface area contributed by atoms with E-state index in [1.807, 2.05) is 13.8 Å². The second-order valence-corrected chi connectivity index (χ2v) is 4.26. The van der Waals surface area contributed by atoms with Crippen molar-refractivity contribution >= 4 is 0 Å². The molecule has 0 aliphatic rings.